The van der Waals surface area contributed by atoms with Crippen molar-refractivity contribution in [2.45, 2.75) is 51.4 Å². The molecule has 100 valence electrons. The van der Waals surface area contributed by atoms with Gasteiger partial charge in [0.1, 0.15) is 0 Å². The Morgan fingerprint density at radius 1 is 0.944 bits per heavy atom. The molecular formula is C17H27N. The van der Waals surface area contributed by atoms with E-state index in [1.807, 2.05) is 0 Å². The molecule has 1 saturated carbocycles. The van der Waals surface area contributed by atoms with Gasteiger partial charge >= 0.3 is 0 Å². The van der Waals surface area contributed by atoms with E-state index in [4.69, 9.17) is 0 Å². The van der Waals surface area contributed by atoms with E-state index in [1.165, 1.54) is 64.5 Å². The first-order chi connectivity index (χ1) is 8.95. The number of allylic oxidation sites excluding steroid dienone is 4. The van der Waals surface area contributed by atoms with Gasteiger partial charge in [0, 0.05) is 0 Å². The van der Waals surface area contributed by atoms with Gasteiger partial charge in [0.2, 0.25) is 0 Å². The lowest BCUT2D eigenvalue weighted by atomic mass is 9.66. The lowest BCUT2D eigenvalue weighted by Gasteiger charge is -2.40. The Labute approximate surface area is 112 Å². The van der Waals surface area contributed by atoms with E-state index in [0.717, 1.165) is 17.8 Å². The van der Waals surface area contributed by atoms with Crippen LogP contribution >= 0.6 is 0 Å². The number of hydrogen-bond donors (Lipinski definition) is 1. The van der Waals surface area contributed by atoms with E-state index in [-0.39, 0.29) is 0 Å². The second-order valence-electron chi connectivity index (χ2n) is 6.33. The summed E-state index contributed by atoms with van der Waals surface area (Å²) in [5.74, 6) is 2.86. The molecule has 0 aromatic heterocycles. The van der Waals surface area contributed by atoms with Gasteiger partial charge in [0.15, 0.2) is 0 Å². The maximum Gasteiger partial charge on any atom is -0.00462 e. The van der Waals surface area contributed by atoms with Gasteiger partial charge in [0.05, 0.1) is 0 Å². The minimum Gasteiger partial charge on any atom is -0.317 e. The zero-order chi connectivity index (χ0) is 12.2. The van der Waals surface area contributed by atoms with Gasteiger partial charge in [-0.15, -0.1) is 0 Å². The third kappa shape index (κ3) is 2.71. The van der Waals surface area contributed by atoms with Crippen molar-refractivity contribution in [1.82, 2.24) is 5.32 Å². The number of hydrogen-bond acceptors (Lipinski definition) is 1. The molecule has 0 aromatic carbocycles. The summed E-state index contributed by atoms with van der Waals surface area (Å²) < 4.78 is 0. The Bertz CT molecular complexity index is 323. The summed E-state index contributed by atoms with van der Waals surface area (Å²) in [6.45, 7) is 2.51. The minimum absolute atomic E-state index is 0.887. The molecule has 2 fully saturated rings. The molecule has 0 spiro atoms. The Morgan fingerprint density at radius 2 is 1.78 bits per heavy atom. The fourth-order valence-corrected chi connectivity index (χ4v) is 4.32. The van der Waals surface area contributed by atoms with Crippen LogP contribution in [0.5, 0.6) is 0 Å². The van der Waals surface area contributed by atoms with Gasteiger partial charge in [-0.2, -0.15) is 0 Å². The topological polar surface area (TPSA) is 12.0 Å². The van der Waals surface area contributed by atoms with E-state index in [1.54, 1.807) is 5.57 Å². The van der Waals surface area contributed by atoms with Crippen molar-refractivity contribution < 1.29 is 0 Å². The fraction of sp³-hybridized carbons (Fsp3) is 0.765. The second-order valence-corrected chi connectivity index (χ2v) is 6.33. The highest BCUT2D eigenvalue weighted by atomic mass is 14.9. The summed E-state index contributed by atoms with van der Waals surface area (Å²) in [7, 11) is 0. The molecule has 0 amide bonds. The average molecular weight is 245 g/mol. The minimum atomic E-state index is 0.887. The number of piperidine rings is 1. The molecule has 1 heteroatoms. The number of nitrogens with one attached hydrogen (secondary N) is 1. The first kappa shape index (κ1) is 12.5. The van der Waals surface area contributed by atoms with Crippen LogP contribution in [0.2, 0.25) is 0 Å². The van der Waals surface area contributed by atoms with Gasteiger partial charge in [0.25, 0.3) is 0 Å². The van der Waals surface area contributed by atoms with Crippen molar-refractivity contribution in [3.63, 3.8) is 0 Å². The van der Waals surface area contributed by atoms with Crippen LogP contribution in [0.3, 0.4) is 0 Å². The molecule has 0 radical (unpaired) electrons. The maximum atomic E-state index is 3.52. The van der Waals surface area contributed by atoms with Crippen LogP contribution in [-0.2, 0) is 0 Å². The van der Waals surface area contributed by atoms with Crippen molar-refractivity contribution in [2.75, 3.05) is 13.1 Å². The maximum absolute atomic E-state index is 3.52. The predicted molar refractivity (Wildman–Crippen MR) is 77.5 cm³/mol. The largest absolute Gasteiger partial charge is 0.317 e. The third-order valence-corrected chi connectivity index (χ3v) is 5.26. The first-order valence-electron chi connectivity index (χ1n) is 8.02. The predicted octanol–water partition coefficient (Wildman–Crippen LogP) is 4.07. The van der Waals surface area contributed by atoms with Crippen LogP contribution in [0, 0.1) is 17.8 Å². The van der Waals surface area contributed by atoms with E-state index < -0.39 is 0 Å². The van der Waals surface area contributed by atoms with Gasteiger partial charge in [-0.1, -0.05) is 31.1 Å². The second kappa shape index (κ2) is 6.06. The van der Waals surface area contributed by atoms with Crippen LogP contribution in [0.4, 0.5) is 0 Å². The monoisotopic (exact) mass is 245 g/mol. The van der Waals surface area contributed by atoms with Crippen molar-refractivity contribution in [1.29, 1.82) is 0 Å². The molecule has 0 aromatic rings. The molecule has 1 saturated heterocycles. The van der Waals surface area contributed by atoms with Crippen LogP contribution in [0.25, 0.3) is 0 Å². The van der Waals surface area contributed by atoms with E-state index in [9.17, 15) is 0 Å². The Balaban J connectivity index is 1.72. The van der Waals surface area contributed by atoms with Gasteiger partial charge < -0.3 is 5.32 Å². The molecule has 2 aliphatic carbocycles. The van der Waals surface area contributed by atoms with Crippen molar-refractivity contribution in [3.8, 4) is 0 Å². The molecular weight excluding hydrogens is 218 g/mol. The molecule has 2 atom stereocenters. The third-order valence-electron chi connectivity index (χ3n) is 5.26. The van der Waals surface area contributed by atoms with E-state index in [0.29, 0.717) is 0 Å². The lowest BCUT2D eigenvalue weighted by molar-refractivity contribution is 0.156. The molecule has 1 heterocycles. The molecule has 18 heavy (non-hydrogen) atoms. The van der Waals surface area contributed by atoms with Crippen LogP contribution in [0.15, 0.2) is 23.8 Å². The fourth-order valence-electron chi connectivity index (χ4n) is 4.32. The first-order valence-corrected chi connectivity index (χ1v) is 8.02. The number of rotatable bonds is 2. The van der Waals surface area contributed by atoms with Crippen LogP contribution in [0.1, 0.15) is 51.4 Å². The average Bonchev–Trinajstić information content (AvgIpc) is 2.49. The van der Waals surface area contributed by atoms with E-state index >= 15 is 0 Å². The molecule has 1 aliphatic heterocycles. The molecule has 2 unspecified atom stereocenters. The zero-order valence-electron chi connectivity index (χ0n) is 11.5. The Kier molecular flexibility index (Phi) is 4.20. The summed E-state index contributed by atoms with van der Waals surface area (Å²) >= 11 is 0. The highest BCUT2D eigenvalue weighted by molar-refractivity contribution is 5.26. The van der Waals surface area contributed by atoms with E-state index in [2.05, 4.69) is 23.5 Å². The molecule has 0 bridgehead atoms. The summed E-state index contributed by atoms with van der Waals surface area (Å²) in [6.07, 6.45) is 18.6. The summed E-state index contributed by atoms with van der Waals surface area (Å²) in [6, 6.07) is 0. The normalized spacial score (nSPS) is 34.3. The smallest absolute Gasteiger partial charge is 0.00462 e. The SMILES string of the molecule is C1=CC(C2CCCCC2C2CCNCC2)=CCC1. The van der Waals surface area contributed by atoms with Crippen molar-refractivity contribution in [2.24, 2.45) is 17.8 Å². The Morgan fingerprint density at radius 3 is 2.56 bits per heavy atom. The summed E-state index contributed by atoms with van der Waals surface area (Å²) in [4.78, 5) is 0. The Hall–Kier alpha value is -0.560. The highest BCUT2D eigenvalue weighted by Gasteiger charge is 2.33. The summed E-state index contributed by atoms with van der Waals surface area (Å²) in [5, 5.41) is 3.52. The molecule has 3 aliphatic rings. The zero-order valence-corrected chi connectivity index (χ0v) is 11.5. The van der Waals surface area contributed by atoms with Crippen LogP contribution in [-0.4, -0.2) is 13.1 Å². The van der Waals surface area contributed by atoms with Gasteiger partial charge in [-0.25, -0.2) is 0 Å². The highest BCUT2D eigenvalue weighted by Crippen LogP contribution is 2.43. The standard InChI is InChI=1S/C17H27N/c1-2-6-14(7-3-1)16-8-4-5-9-17(16)15-10-12-18-13-11-15/h2,6-7,15-18H,1,3-5,8-13H2. The van der Waals surface area contributed by atoms with Crippen LogP contribution < -0.4 is 5.32 Å². The van der Waals surface area contributed by atoms with Gasteiger partial charge in [-0.05, 0) is 74.9 Å². The van der Waals surface area contributed by atoms with Gasteiger partial charge in [-0.3, -0.25) is 0 Å². The lowest BCUT2D eigenvalue weighted by Crippen LogP contribution is -2.36. The summed E-state index contributed by atoms with van der Waals surface area (Å²) in [5.41, 5.74) is 1.68. The quantitative estimate of drug-likeness (QED) is 0.773. The molecule has 1 nitrogen and oxygen atoms in total. The van der Waals surface area contributed by atoms with Crippen molar-refractivity contribution in [3.05, 3.63) is 23.8 Å². The van der Waals surface area contributed by atoms with Crippen molar-refractivity contribution >= 4 is 0 Å². The molecule has 3 rings (SSSR count). The molecule has 1 N–H and O–H groups in total.